The van der Waals surface area contributed by atoms with Crippen LogP contribution in [0.3, 0.4) is 0 Å². The number of amides is 1. The van der Waals surface area contributed by atoms with Gasteiger partial charge in [0.1, 0.15) is 17.1 Å². The van der Waals surface area contributed by atoms with E-state index in [4.69, 9.17) is 16.3 Å². The monoisotopic (exact) mass is 581 g/mol. The summed E-state index contributed by atoms with van der Waals surface area (Å²) in [6, 6.07) is 16.5. The van der Waals surface area contributed by atoms with E-state index in [-0.39, 0.29) is 11.3 Å². The van der Waals surface area contributed by atoms with Crippen molar-refractivity contribution in [2.75, 3.05) is 38.3 Å². The van der Waals surface area contributed by atoms with Gasteiger partial charge in [-0.1, -0.05) is 56.1 Å². The number of unbranched alkanes of at least 4 members (excludes halogenated alkanes) is 1. The average Bonchev–Trinajstić information content (AvgIpc) is 3.31. The number of nitrogens with one attached hydrogen (secondary N) is 1. The predicted octanol–water partition coefficient (Wildman–Crippen LogP) is 7.13. The highest BCUT2D eigenvalue weighted by atomic mass is 35.5. The lowest BCUT2D eigenvalue weighted by Gasteiger charge is -2.43. The molecule has 1 spiro atoms. The molecule has 4 rings (SSSR count). The molecule has 0 radical (unpaired) electrons. The first-order chi connectivity index (χ1) is 19.9. The summed E-state index contributed by atoms with van der Waals surface area (Å²) in [7, 11) is 1.65. The van der Waals surface area contributed by atoms with Gasteiger partial charge in [0.25, 0.3) is 0 Å². The zero-order valence-electron chi connectivity index (χ0n) is 25.2. The van der Waals surface area contributed by atoms with E-state index < -0.39 is 5.54 Å². The Bertz CT molecular complexity index is 1150. The smallest absolute Gasteiger partial charge is 0.247 e. The van der Waals surface area contributed by atoms with Crippen molar-refractivity contribution in [2.45, 2.75) is 95.4 Å². The number of Topliss-reactive ketones (excluding diaryl/α,β-unsaturated/α-hetero) is 1. The van der Waals surface area contributed by atoms with Gasteiger partial charge in [0, 0.05) is 31.6 Å². The standard InChI is InChI=1S/C34H48ClN3O3/c1-4-6-14-29(39)15-10-18-33(5-2,27-16-17-31(41-3)30(35)25-27)19-11-22-37-23-20-34(21-24-37)32(40)36-26-38(34)28-12-8-7-9-13-28/h7-9,12-13,16-17,25H,4-6,10-11,14-15,18-24,26H2,1-3H3,(H,36,40). The Morgan fingerprint density at radius 2 is 1.73 bits per heavy atom. The third kappa shape index (κ3) is 7.26. The minimum atomic E-state index is -0.449. The van der Waals surface area contributed by atoms with Crippen molar-refractivity contribution >= 4 is 29.0 Å². The third-order valence-electron chi connectivity index (χ3n) is 9.58. The van der Waals surface area contributed by atoms with Gasteiger partial charge in [0.15, 0.2) is 0 Å². The number of methoxy groups -OCH3 is 1. The van der Waals surface area contributed by atoms with E-state index in [0.717, 1.165) is 83.1 Å². The maximum atomic E-state index is 13.0. The van der Waals surface area contributed by atoms with Crippen LogP contribution in [-0.4, -0.2) is 55.5 Å². The third-order valence-corrected chi connectivity index (χ3v) is 9.87. The summed E-state index contributed by atoms with van der Waals surface area (Å²) in [6.07, 6.45) is 10.0. The molecule has 41 heavy (non-hydrogen) atoms. The highest BCUT2D eigenvalue weighted by Gasteiger charge is 2.50. The van der Waals surface area contributed by atoms with Gasteiger partial charge in [0.2, 0.25) is 5.91 Å². The van der Waals surface area contributed by atoms with Gasteiger partial charge < -0.3 is 19.9 Å². The molecule has 1 amide bonds. The van der Waals surface area contributed by atoms with Crippen LogP contribution in [0.25, 0.3) is 0 Å². The number of likely N-dealkylation sites (tertiary alicyclic amines) is 1. The molecule has 1 atom stereocenters. The van der Waals surface area contributed by atoms with Gasteiger partial charge in [-0.2, -0.15) is 0 Å². The number of hydrogen-bond donors (Lipinski definition) is 1. The van der Waals surface area contributed by atoms with Crippen LogP contribution >= 0.6 is 11.6 Å². The van der Waals surface area contributed by atoms with E-state index in [1.807, 2.05) is 24.3 Å². The molecule has 2 aliphatic heterocycles. The first-order valence-electron chi connectivity index (χ1n) is 15.6. The molecular formula is C34H48ClN3O3. The lowest BCUT2D eigenvalue weighted by atomic mass is 9.71. The van der Waals surface area contributed by atoms with E-state index in [1.54, 1.807) is 7.11 Å². The van der Waals surface area contributed by atoms with Crippen molar-refractivity contribution in [2.24, 2.45) is 0 Å². The van der Waals surface area contributed by atoms with Gasteiger partial charge in [-0.3, -0.25) is 9.59 Å². The molecular weight excluding hydrogens is 534 g/mol. The van der Waals surface area contributed by atoms with Crippen molar-refractivity contribution < 1.29 is 14.3 Å². The zero-order chi connectivity index (χ0) is 29.3. The van der Waals surface area contributed by atoms with Crippen molar-refractivity contribution in [3.8, 4) is 5.75 Å². The number of ketones is 1. The Balaban J connectivity index is 1.39. The van der Waals surface area contributed by atoms with Gasteiger partial charge in [0.05, 0.1) is 18.8 Å². The molecule has 0 saturated carbocycles. The molecule has 2 aromatic rings. The van der Waals surface area contributed by atoms with Crippen LogP contribution in [0.1, 0.15) is 90.0 Å². The second-order valence-electron chi connectivity index (χ2n) is 11.9. The van der Waals surface area contributed by atoms with Crippen LogP contribution in [0, 0.1) is 0 Å². The number of para-hydroxylation sites is 1. The first-order valence-corrected chi connectivity index (χ1v) is 15.9. The second-order valence-corrected chi connectivity index (χ2v) is 12.3. The lowest BCUT2D eigenvalue weighted by Crippen LogP contribution is -2.56. The number of halogens is 1. The number of rotatable bonds is 15. The van der Waals surface area contributed by atoms with Crippen LogP contribution in [0.2, 0.25) is 5.02 Å². The normalized spacial score (nSPS) is 18.3. The fraction of sp³-hybridized carbons (Fsp3) is 0.588. The highest BCUT2D eigenvalue weighted by Crippen LogP contribution is 2.41. The van der Waals surface area contributed by atoms with Crippen molar-refractivity contribution in [1.29, 1.82) is 0 Å². The second kappa shape index (κ2) is 14.6. The Labute approximate surface area is 251 Å². The number of ether oxygens (including phenoxy) is 1. The SMILES string of the molecule is CCCCC(=O)CCCC(CC)(CCCN1CCC2(CC1)C(=O)NCN2c1ccccc1)c1ccc(OC)c(Cl)c1. The van der Waals surface area contributed by atoms with Crippen LogP contribution in [0.4, 0.5) is 5.69 Å². The number of carbonyl (C=O) groups is 2. The maximum absolute atomic E-state index is 13.0. The predicted molar refractivity (Wildman–Crippen MR) is 168 cm³/mol. The summed E-state index contributed by atoms with van der Waals surface area (Å²) < 4.78 is 5.42. The molecule has 2 saturated heterocycles. The number of nitrogens with zero attached hydrogens (tertiary/aromatic N) is 2. The molecule has 2 aliphatic rings. The molecule has 7 heteroatoms. The minimum Gasteiger partial charge on any atom is -0.495 e. The van der Waals surface area contributed by atoms with E-state index >= 15 is 0 Å². The largest absolute Gasteiger partial charge is 0.495 e. The van der Waals surface area contributed by atoms with E-state index in [1.165, 1.54) is 5.56 Å². The van der Waals surface area contributed by atoms with E-state index in [0.29, 0.717) is 36.1 Å². The van der Waals surface area contributed by atoms with Crippen LogP contribution in [0.5, 0.6) is 5.75 Å². The van der Waals surface area contributed by atoms with Gasteiger partial charge in [-0.25, -0.2) is 0 Å². The molecule has 1 unspecified atom stereocenters. The van der Waals surface area contributed by atoms with Crippen LogP contribution in [0.15, 0.2) is 48.5 Å². The summed E-state index contributed by atoms with van der Waals surface area (Å²) in [5.41, 5.74) is 1.87. The van der Waals surface area contributed by atoms with Crippen molar-refractivity contribution in [1.82, 2.24) is 10.2 Å². The number of carbonyl (C=O) groups excluding carboxylic acids is 2. The Kier molecular flexibility index (Phi) is 11.1. The zero-order valence-corrected chi connectivity index (χ0v) is 26.0. The van der Waals surface area contributed by atoms with Crippen molar-refractivity contribution in [3.05, 3.63) is 59.1 Å². The number of anilines is 1. The summed E-state index contributed by atoms with van der Waals surface area (Å²) >= 11 is 6.59. The maximum Gasteiger partial charge on any atom is 0.247 e. The fourth-order valence-corrected chi connectivity index (χ4v) is 7.17. The van der Waals surface area contributed by atoms with Crippen LogP contribution < -0.4 is 15.0 Å². The van der Waals surface area contributed by atoms with Crippen LogP contribution in [-0.2, 0) is 15.0 Å². The van der Waals surface area contributed by atoms with Gasteiger partial charge in [-0.05, 0) is 93.2 Å². The number of benzene rings is 2. The summed E-state index contributed by atoms with van der Waals surface area (Å²) in [5, 5.41) is 3.75. The van der Waals surface area contributed by atoms with Gasteiger partial charge >= 0.3 is 0 Å². The summed E-state index contributed by atoms with van der Waals surface area (Å²) in [6.45, 7) is 7.80. The quantitative estimate of drug-likeness (QED) is 0.242. The summed E-state index contributed by atoms with van der Waals surface area (Å²) in [4.78, 5) is 30.3. The Morgan fingerprint density at radius 3 is 2.39 bits per heavy atom. The molecule has 2 heterocycles. The molecule has 1 N–H and O–H groups in total. The molecule has 224 valence electrons. The Morgan fingerprint density at radius 1 is 1.02 bits per heavy atom. The number of hydrogen-bond acceptors (Lipinski definition) is 5. The van der Waals surface area contributed by atoms with E-state index in [9.17, 15) is 9.59 Å². The molecule has 0 aliphatic carbocycles. The molecule has 0 bridgehead atoms. The molecule has 2 aromatic carbocycles. The van der Waals surface area contributed by atoms with E-state index in [2.05, 4.69) is 53.2 Å². The molecule has 6 nitrogen and oxygen atoms in total. The number of piperidine rings is 1. The average molecular weight is 582 g/mol. The minimum absolute atomic E-state index is 0.0343. The molecule has 0 aromatic heterocycles. The molecule has 2 fully saturated rings. The van der Waals surface area contributed by atoms with Crippen molar-refractivity contribution in [3.63, 3.8) is 0 Å². The topological polar surface area (TPSA) is 61.9 Å². The van der Waals surface area contributed by atoms with Gasteiger partial charge in [-0.15, -0.1) is 0 Å². The lowest BCUT2D eigenvalue weighted by molar-refractivity contribution is -0.125. The fourth-order valence-electron chi connectivity index (χ4n) is 6.91. The first kappa shape index (κ1) is 31.4. The Hall–Kier alpha value is -2.57. The highest BCUT2D eigenvalue weighted by molar-refractivity contribution is 6.32. The summed E-state index contributed by atoms with van der Waals surface area (Å²) in [5.74, 6) is 1.24.